The number of hydrogen-bond donors (Lipinski definition) is 1. The molecule has 3 aromatic rings. The minimum Gasteiger partial charge on any atom is -0.369 e. The molecule has 0 bridgehead atoms. The third-order valence-corrected chi connectivity index (χ3v) is 3.02. The topological polar surface area (TPSA) is 43.8 Å². The lowest BCUT2D eigenvalue weighted by Gasteiger charge is -2.09. The SMILES string of the molecule is Cc1ccccc1-n1c(N)nc2c(F)cccc21. The summed E-state index contributed by atoms with van der Waals surface area (Å²) >= 11 is 0. The van der Waals surface area contributed by atoms with E-state index in [9.17, 15) is 4.39 Å². The molecular formula is C14H12FN3. The normalized spacial score (nSPS) is 11.0. The van der Waals surface area contributed by atoms with Crippen LogP contribution < -0.4 is 5.73 Å². The lowest BCUT2D eigenvalue weighted by Crippen LogP contribution is -2.02. The number of aryl methyl sites for hydroxylation is 1. The number of fused-ring (bicyclic) bond motifs is 1. The van der Waals surface area contributed by atoms with E-state index >= 15 is 0 Å². The maximum absolute atomic E-state index is 13.7. The van der Waals surface area contributed by atoms with Crippen LogP contribution in [0.1, 0.15) is 5.56 Å². The van der Waals surface area contributed by atoms with Gasteiger partial charge in [-0.1, -0.05) is 24.3 Å². The summed E-state index contributed by atoms with van der Waals surface area (Å²) in [6.07, 6.45) is 0. The predicted molar refractivity (Wildman–Crippen MR) is 70.2 cm³/mol. The highest BCUT2D eigenvalue weighted by Crippen LogP contribution is 2.26. The summed E-state index contributed by atoms with van der Waals surface area (Å²) in [4.78, 5) is 4.10. The van der Waals surface area contributed by atoms with Crippen LogP contribution in [0.25, 0.3) is 16.7 Å². The van der Waals surface area contributed by atoms with Crippen molar-refractivity contribution < 1.29 is 4.39 Å². The largest absolute Gasteiger partial charge is 0.369 e. The number of benzene rings is 2. The molecule has 90 valence electrons. The Morgan fingerprint density at radius 1 is 1.11 bits per heavy atom. The first-order valence-electron chi connectivity index (χ1n) is 5.67. The highest BCUT2D eigenvalue weighted by molar-refractivity contribution is 5.81. The minimum absolute atomic E-state index is 0.296. The van der Waals surface area contributed by atoms with Crippen LogP contribution in [0.5, 0.6) is 0 Å². The molecule has 3 rings (SSSR count). The molecular weight excluding hydrogens is 229 g/mol. The Labute approximate surface area is 104 Å². The summed E-state index contributed by atoms with van der Waals surface area (Å²) < 4.78 is 15.4. The van der Waals surface area contributed by atoms with Crippen molar-refractivity contribution in [2.24, 2.45) is 0 Å². The number of para-hydroxylation sites is 2. The van der Waals surface area contributed by atoms with E-state index in [1.807, 2.05) is 37.3 Å². The third-order valence-electron chi connectivity index (χ3n) is 3.02. The van der Waals surface area contributed by atoms with Gasteiger partial charge in [0.05, 0.1) is 11.2 Å². The van der Waals surface area contributed by atoms with Crippen molar-refractivity contribution in [3.8, 4) is 5.69 Å². The molecule has 1 heterocycles. The molecule has 3 nitrogen and oxygen atoms in total. The van der Waals surface area contributed by atoms with E-state index in [0.717, 1.165) is 11.3 Å². The van der Waals surface area contributed by atoms with E-state index < -0.39 is 0 Å². The molecule has 0 saturated carbocycles. The van der Waals surface area contributed by atoms with E-state index in [0.29, 0.717) is 17.0 Å². The van der Waals surface area contributed by atoms with Gasteiger partial charge in [-0.25, -0.2) is 9.37 Å². The van der Waals surface area contributed by atoms with Crippen LogP contribution in [0.4, 0.5) is 10.3 Å². The second-order valence-corrected chi connectivity index (χ2v) is 4.20. The fourth-order valence-corrected chi connectivity index (χ4v) is 2.15. The van der Waals surface area contributed by atoms with Gasteiger partial charge in [-0.15, -0.1) is 0 Å². The van der Waals surface area contributed by atoms with Gasteiger partial charge in [-0.05, 0) is 30.7 Å². The van der Waals surface area contributed by atoms with Crippen molar-refractivity contribution in [3.63, 3.8) is 0 Å². The van der Waals surface area contributed by atoms with Gasteiger partial charge in [0, 0.05) is 0 Å². The Kier molecular flexibility index (Phi) is 2.30. The van der Waals surface area contributed by atoms with Gasteiger partial charge >= 0.3 is 0 Å². The van der Waals surface area contributed by atoms with Crippen LogP contribution >= 0.6 is 0 Å². The van der Waals surface area contributed by atoms with Gasteiger partial charge in [0.2, 0.25) is 5.95 Å². The van der Waals surface area contributed by atoms with Crippen LogP contribution in [0.2, 0.25) is 0 Å². The molecule has 0 spiro atoms. The molecule has 0 amide bonds. The summed E-state index contributed by atoms with van der Waals surface area (Å²) in [5.41, 5.74) is 8.88. The zero-order chi connectivity index (χ0) is 12.7. The second-order valence-electron chi connectivity index (χ2n) is 4.20. The van der Waals surface area contributed by atoms with Crippen LogP contribution in [-0.2, 0) is 0 Å². The minimum atomic E-state index is -0.355. The smallest absolute Gasteiger partial charge is 0.206 e. The molecule has 0 fully saturated rings. The average Bonchev–Trinajstić information content (AvgIpc) is 2.68. The highest BCUT2D eigenvalue weighted by atomic mass is 19.1. The molecule has 2 N–H and O–H groups in total. The maximum Gasteiger partial charge on any atom is 0.206 e. The van der Waals surface area contributed by atoms with E-state index in [-0.39, 0.29) is 5.82 Å². The fourth-order valence-electron chi connectivity index (χ4n) is 2.15. The summed E-state index contributed by atoms with van der Waals surface area (Å²) in [6.45, 7) is 1.99. The van der Waals surface area contributed by atoms with Crippen LogP contribution in [0, 0.1) is 12.7 Å². The molecule has 0 radical (unpaired) electrons. The highest BCUT2D eigenvalue weighted by Gasteiger charge is 2.13. The standard InChI is InChI=1S/C14H12FN3/c1-9-5-2-3-7-11(9)18-12-8-4-6-10(15)13(12)17-14(18)16/h2-8H,1H3,(H2,16,17). The van der Waals surface area contributed by atoms with E-state index in [4.69, 9.17) is 5.73 Å². The van der Waals surface area contributed by atoms with Crippen molar-refractivity contribution in [1.82, 2.24) is 9.55 Å². The van der Waals surface area contributed by atoms with Gasteiger partial charge in [0.15, 0.2) is 5.82 Å². The lowest BCUT2D eigenvalue weighted by molar-refractivity contribution is 0.637. The summed E-state index contributed by atoms with van der Waals surface area (Å²) in [5, 5.41) is 0. The lowest BCUT2D eigenvalue weighted by atomic mass is 10.2. The van der Waals surface area contributed by atoms with Crippen molar-refractivity contribution in [2.75, 3.05) is 5.73 Å². The Balaban J connectivity index is 2.40. The molecule has 1 aromatic heterocycles. The second kappa shape index (κ2) is 3.84. The number of anilines is 1. The Hall–Kier alpha value is -2.36. The van der Waals surface area contributed by atoms with E-state index in [2.05, 4.69) is 4.98 Å². The molecule has 0 unspecified atom stereocenters. The Morgan fingerprint density at radius 3 is 2.67 bits per heavy atom. The Bertz CT molecular complexity index is 731. The average molecular weight is 241 g/mol. The maximum atomic E-state index is 13.7. The quantitative estimate of drug-likeness (QED) is 0.711. The van der Waals surface area contributed by atoms with Gasteiger partial charge in [0.25, 0.3) is 0 Å². The first kappa shape index (κ1) is 10.8. The van der Waals surface area contributed by atoms with Crippen molar-refractivity contribution in [1.29, 1.82) is 0 Å². The van der Waals surface area contributed by atoms with Gasteiger partial charge in [-0.3, -0.25) is 4.57 Å². The summed E-state index contributed by atoms with van der Waals surface area (Å²) in [5.74, 6) is -0.0593. The van der Waals surface area contributed by atoms with Crippen molar-refractivity contribution in [2.45, 2.75) is 6.92 Å². The number of nitrogens with zero attached hydrogens (tertiary/aromatic N) is 2. The summed E-state index contributed by atoms with van der Waals surface area (Å²) in [6, 6.07) is 12.7. The molecule has 0 aliphatic heterocycles. The van der Waals surface area contributed by atoms with Gasteiger partial charge in [0.1, 0.15) is 5.52 Å². The monoisotopic (exact) mass is 241 g/mol. The first-order valence-corrected chi connectivity index (χ1v) is 5.67. The number of aromatic nitrogens is 2. The number of imidazole rings is 1. The number of halogens is 1. The van der Waals surface area contributed by atoms with E-state index in [1.165, 1.54) is 6.07 Å². The fraction of sp³-hybridized carbons (Fsp3) is 0.0714. The van der Waals surface area contributed by atoms with Gasteiger partial charge in [-0.2, -0.15) is 0 Å². The predicted octanol–water partition coefficient (Wildman–Crippen LogP) is 3.06. The third kappa shape index (κ3) is 1.46. The number of nitrogen functional groups attached to an aromatic ring is 1. The number of nitrogens with two attached hydrogens (primary N) is 1. The zero-order valence-electron chi connectivity index (χ0n) is 9.89. The van der Waals surface area contributed by atoms with Crippen LogP contribution in [0.15, 0.2) is 42.5 Å². The number of hydrogen-bond acceptors (Lipinski definition) is 2. The van der Waals surface area contributed by atoms with Crippen LogP contribution in [0.3, 0.4) is 0 Å². The van der Waals surface area contributed by atoms with E-state index in [1.54, 1.807) is 10.6 Å². The molecule has 18 heavy (non-hydrogen) atoms. The molecule has 4 heteroatoms. The van der Waals surface area contributed by atoms with Crippen molar-refractivity contribution >= 4 is 17.0 Å². The molecule has 2 aromatic carbocycles. The van der Waals surface area contributed by atoms with Gasteiger partial charge < -0.3 is 5.73 Å². The molecule has 0 atom stereocenters. The Morgan fingerprint density at radius 2 is 1.89 bits per heavy atom. The number of rotatable bonds is 1. The zero-order valence-corrected chi connectivity index (χ0v) is 9.89. The van der Waals surface area contributed by atoms with Crippen LogP contribution in [-0.4, -0.2) is 9.55 Å². The molecule has 0 aliphatic rings. The molecule has 0 saturated heterocycles. The first-order chi connectivity index (χ1) is 8.68. The summed E-state index contributed by atoms with van der Waals surface area (Å²) in [7, 11) is 0. The molecule has 0 aliphatic carbocycles. The van der Waals surface area contributed by atoms with Crippen molar-refractivity contribution in [3.05, 3.63) is 53.8 Å².